The van der Waals surface area contributed by atoms with Gasteiger partial charge in [0.2, 0.25) is 0 Å². The molecule has 21 heavy (non-hydrogen) atoms. The van der Waals surface area contributed by atoms with E-state index >= 15 is 0 Å². The maximum atomic E-state index is 12.0. The van der Waals surface area contributed by atoms with E-state index in [0.29, 0.717) is 18.7 Å². The zero-order chi connectivity index (χ0) is 15.2. The standard InChI is InChI=1S/C16H18N2O3/c1-11(6-9-15(19)20)10-17-16(21)14-8-7-12-4-2-3-5-13(12)18-14/h2-5,7-8,11H,6,9-10H2,1H3,(H,17,21)(H,19,20). The van der Waals surface area contributed by atoms with Crippen LogP contribution < -0.4 is 5.32 Å². The van der Waals surface area contributed by atoms with Gasteiger partial charge in [-0.15, -0.1) is 0 Å². The molecule has 0 saturated heterocycles. The van der Waals surface area contributed by atoms with Crippen molar-refractivity contribution in [1.82, 2.24) is 10.3 Å². The molecule has 0 aliphatic carbocycles. The van der Waals surface area contributed by atoms with Crippen molar-refractivity contribution in [3.05, 3.63) is 42.1 Å². The molecule has 2 N–H and O–H groups in total. The van der Waals surface area contributed by atoms with Crippen LogP contribution in [0.3, 0.4) is 0 Å². The predicted molar refractivity (Wildman–Crippen MR) is 80.1 cm³/mol. The van der Waals surface area contributed by atoms with Crippen LogP contribution in [0, 0.1) is 5.92 Å². The van der Waals surface area contributed by atoms with Gasteiger partial charge in [-0.1, -0.05) is 31.2 Å². The minimum atomic E-state index is -0.815. The van der Waals surface area contributed by atoms with E-state index < -0.39 is 5.97 Å². The number of benzene rings is 1. The molecular weight excluding hydrogens is 268 g/mol. The highest BCUT2D eigenvalue weighted by molar-refractivity contribution is 5.94. The zero-order valence-corrected chi connectivity index (χ0v) is 11.9. The molecule has 0 bridgehead atoms. The lowest BCUT2D eigenvalue weighted by Crippen LogP contribution is -2.29. The smallest absolute Gasteiger partial charge is 0.303 e. The molecule has 0 spiro atoms. The fraction of sp³-hybridized carbons (Fsp3) is 0.312. The Bertz CT molecular complexity index is 655. The molecule has 1 aromatic carbocycles. The van der Waals surface area contributed by atoms with Crippen LogP contribution in [0.2, 0.25) is 0 Å². The number of hydrogen-bond donors (Lipinski definition) is 2. The summed E-state index contributed by atoms with van der Waals surface area (Å²) in [5, 5.41) is 12.4. The number of carboxylic acid groups (broad SMARTS) is 1. The fourth-order valence-electron chi connectivity index (χ4n) is 2.02. The summed E-state index contributed by atoms with van der Waals surface area (Å²) >= 11 is 0. The number of amides is 1. The van der Waals surface area contributed by atoms with Crippen LogP contribution in [-0.2, 0) is 4.79 Å². The Balaban J connectivity index is 1.94. The summed E-state index contributed by atoms with van der Waals surface area (Å²) in [4.78, 5) is 26.9. The average Bonchev–Trinajstić information content (AvgIpc) is 2.50. The van der Waals surface area contributed by atoms with Gasteiger partial charge in [0.05, 0.1) is 5.52 Å². The summed E-state index contributed by atoms with van der Waals surface area (Å²) in [7, 11) is 0. The molecule has 2 rings (SSSR count). The Labute approximate surface area is 123 Å². The normalized spacial score (nSPS) is 12.0. The van der Waals surface area contributed by atoms with Crippen molar-refractivity contribution in [1.29, 1.82) is 0 Å². The lowest BCUT2D eigenvalue weighted by Gasteiger charge is -2.11. The number of fused-ring (bicyclic) bond motifs is 1. The molecule has 1 unspecified atom stereocenters. The second-order valence-electron chi connectivity index (χ2n) is 5.14. The minimum Gasteiger partial charge on any atom is -0.481 e. The lowest BCUT2D eigenvalue weighted by molar-refractivity contribution is -0.137. The minimum absolute atomic E-state index is 0.116. The molecule has 0 saturated carbocycles. The molecule has 0 fully saturated rings. The number of aromatic nitrogens is 1. The topological polar surface area (TPSA) is 79.3 Å². The molecule has 5 heteroatoms. The SMILES string of the molecule is CC(CCC(=O)O)CNC(=O)c1ccc2ccccc2n1. The molecule has 1 aromatic heterocycles. The Hall–Kier alpha value is -2.43. The number of aliphatic carboxylic acids is 1. The van der Waals surface area contributed by atoms with Crippen LogP contribution in [-0.4, -0.2) is 28.5 Å². The number of carbonyl (C=O) groups is 2. The number of carboxylic acids is 1. The number of nitrogens with zero attached hydrogens (tertiary/aromatic N) is 1. The van der Waals surface area contributed by atoms with Crippen molar-refractivity contribution in [3.63, 3.8) is 0 Å². The van der Waals surface area contributed by atoms with E-state index in [1.807, 2.05) is 37.3 Å². The summed E-state index contributed by atoms with van der Waals surface area (Å²) in [6.07, 6.45) is 0.659. The second-order valence-corrected chi connectivity index (χ2v) is 5.14. The molecule has 0 radical (unpaired) electrons. The molecule has 0 aliphatic heterocycles. The maximum absolute atomic E-state index is 12.0. The largest absolute Gasteiger partial charge is 0.481 e. The van der Waals surface area contributed by atoms with Crippen molar-refractivity contribution in [2.24, 2.45) is 5.92 Å². The number of nitrogens with one attached hydrogen (secondary N) is 1. The van der Waals surface area contributed by atoms with Gasteiger partial charge in [0, 0.05) is 18.4 Å². The Morgan fingerprint density at radius 2 is 2.00 bits per heavy atom. The highest BCUT2D eigenvalue weighted by atomic mass is 16.4. The first kappa shape index (κ1) is 15.0. The van der Waals surface area contributed by atoms with Crippen molar-refractivity contribution in [2.75, 3.05) is 6.54 Å². The van der Waals surface area contributed by atoms with Crippen LogP contribution in [0.4, 0.5) is 0 Å². The van der Waals surface area contributed by atoms with Gasteiger partial charge in [0.1, 0.15) is 5.69 Å². The van der Waals surface area contributed by atoms with Gasteiger partial charge in [-0.25, -0.2) is 4.98 Å². The van der Waals surface area contributed by atoms with Gasteiger partial charge >= 0.3 is 5.97 Å². The molecule has 1 amide bonds. The molecule has 1 atom stereocenters. The Morgan fingerprint density at radius 1 is 1.24 bits per heavy atom. The summed E-state index contributed by atoms with van der Waals surface area (Å²) in [6, 6.07) is 11.2. The van der Waals surface area contributed by atoms with Gasteiger partial charge < -0.3 is 10.4 Å². The van der Waals surface area contributed by atoms with E-state index in [1.165, 1.54) is 0 Å². The van der Waals surface area contributed by atoms with Crippen LogP contribution in [0.1, 0.15) is 30.3 Å². The Morgan fingerprint density at radius 3 is 2.76 bits per heavy atom. The zero-order valence-electron chi connectivity index (χ0n) is 11.9. The molecule has 110 valence electrons. The van der Waals surface area contributed by atoms with Crippen LogP contribution in [0.5, 0.6) is 0 Å². The average molecular weight is 286 g/mol. The maximum Gasteiger partial charge on any atom is 0.303 e. The first-order valence-electron chi connectivity index (χ1n) is 6.92. The van der Waals surface area contributed by atoms with Gasteiger partial charge in [-0.2, -0.15) is 0 Å². The quantitative estimate of drug-likeness (QED) is 0.855. The third kappa shape index (κ3) is 4.27. The summed E-state index contributed by atoms with van der Waals surface area (Å²) in [6.45, 7) is 2.36. The summed E-state index contributed by atoms with van der Waals surface area (Å²) in [5.74, 6) is -0.933. The monoisotopic (exact) mass is 286 g/mol. The first-order chi connectivity index (χ1) is 10.1. The lowest BCUT2D eigenvalue weighted by atomic mass is 10.1. The third-order valence-electron chi connectivity index (χ3n) is 3.29. The van der Waals surface area contributed by atoms with Crippen molar-refractivity contribution < 1.29 is 14.7 Å². The van der Waals surface area contributed by atoms with Crippen molar-refractivity contribution >= 4 is 22.8 Å². The van der Waals surface area contributed by atoms with Gasteiger partial charge in [-0.05, 0) is 24.5 Å². The molecule has 0 aliphatic rings. The van der Waals surface area contributed by atoms with E-state index in [9.17, 15) is 9.59 Å². The number of para-hydroxylation sites is 1. The highest BCUT2D eigenvalue weighted by Crippen LogP contribution is 2.12. The second kappa shape index (κ2) is 6.83. The van der Waals surface area contributed by atoms with Gasteiger partial charge in [0.25, 0.3) is 5.91 Å². The van der Waals surface area contributed by atoms with Crippen molar-refractivity contribution in [3.8, 4) is 0 Å². The van der Waals surface area contributed by atoms with E-state index in [1.54, 1.807) is 6.07 Å². The van der Waals surface area contributed by atoms with E-state index in [2.05, 4.69) is 10.3 Å². The van der Waals surface area contributed by atoms with Crippen LogP contribution in [0.15, 0.2) is 36.4 Å². The number of rotatable bonds is 6. The third-order valence-corrected chi connectivity index (χ3v) is 3.29. The number of carbonyl (C=O) groups excluding carboxylic acids is 1. The highest BCUT2D eigenvalue weighted by Gasteiger charge is 2.10. The van der Waals surface area contributed by atoms with Gasteiger partial charge in [-0.3, -0.25) is 9.59 Å². The van der Waals surface area contributed by atoms with E-state index in [-0.39, 0.29) is 18.2 Å². The summed E-state index contributed by atoms with van der Waals surface area (Å²) < 4.78 is 0. The van der Waals surface area contributed by atoms with E-state index in [4.69, 9.17) is 5.11 Å². The molecule has 5 nitrogen and oxygen atoms in total. The molecular formula is C16H18N2O3. The number of pyridine rings is 1. The Kier molecular flexibility index (Phi) is 4.87. The van der Waals surface area contributed by atoms with Crippen molar-refractivity contribution in [2.45, 2.75) is 19.8 Å². The predicted octanol–water partition coefficient (Wildman–Crippen LogP) is 2.47. The number of hydrogen-bond acceptors (Lipinski definition) is 3. The van der Waals surface area contributed by atoms with Crippen LogP contribution >= 0.6 is 0 Å². The fourth-order valence-corrected chi connectivity index (χ4v) is 2.02. The first-order valence-corrected chi connectivity index (χ1v) is 6.92. The molecule has 1 heterocycles. The molecule has 2 aromatic rings. The summed E-state index contributed by atoms with van der Waals surface area (Å²) in [5.41, 5.74) is 1.16. The van der Waals surface area contributed by atoms with Gasteiger partial charge in [0.15, 0.2) is 0 Å². The van der Waals surface area contributed by atoms with E-state index in [0.717, 1.165) is 10.9 Å². The van der Waals surface area contributed by atoms with Crippen LogP contribution in [0.25, 0.3) is 10.9 Å².